The summed E-state index contributed by atoms with van der Waals surface area (Å²) in [6.45, 7) is 2.71. The third-order valence-electron chi connectivity index (χ3n) is 5.10. The van der Waals surface area contributed by atoms with E-state index in [4.69, 9.17) is 9.47 Å². The molecule has 1 aromatic carbocycles. The van der Waals surface area contributed by atoms with E-state index in [0.717, 1.165) is 36.0 Å². The van der Waals surface area contributed by atoms with Crippen LogP contribution in [0.25, 0.3) is 6.08 Å². The lowest BCUT2D eigenvalue weighted by molar-refractivity contribution is 0.117. The molecule has 6 heteroatoms. The molecular weight excluding hydrogens is 352 g/mol. The lowest BCUT2D eigenvalue weighted by atomic mass is 9.96. The van der Waals surface area contributed by atoms with Crippen molar-refractivity contribution in [1.29, 1.82) is 0 Å². The number of rotatable bonds is 7. The number of phenolic OH excluding ortho intramolecular Hbond substituents is 1. The molecule has 1 saturated heterocycles. The Morgan fingerprint density at radius 1 is 1.42 bits per heavy atom. The van der Waals surface area contributed by atoms with Crippen LogP contribution in [0.2, 0.25) is 0 Å². The number of hydrogen-bond acceptors (Lipinski definition) is 5. The van der Waals surface area contributed by atoms with Crippen molar-refractivity contribution in [2.45, 2.75) is 37.5 Å². The van der Waals surface area contributed by atoms with Gasteiger partial charge in [0.2, 0.25) is 0 Å². The van der Waals surface area contributed by atoms with E-state index >= 15 is 0 Å². The van der Waals surface area contributed by atoms with Crippen molar-refractivity contribution in [1.82, 2.24) is 0 Å². The van der Waals surface area contributed by atoms with Crippen LogP contribution in [0.15, 0.2) is 41.0 Å². The number of benzene rings is 1. The van der Waals surface area contributed by atoms with Gasteiger partial charge in [-0.25, -0.2) is 8.42 Å². The Hall–Kier alpha value is -1.63. The van der Waals surface area contributed by atoms with Crippen LogP contribution in [0.1, 0.15) is 31.7 Å². The zero-order valence-electron chi connectivity index (χ0n) is 15.3. The maximum absolute atomic E-state index is 12.3. The monoisotopic (exact) mass is 378 g/mol. The molecule has 0 unspecified atom stereocenters. The Kier molecular flexibility index (Phi) is 5.85. The lowest BCUT2D eigenvalue weighted by Gasteiger charge is -2.14. The number of methoxy groups -OCH3 is 1. The standard InChI is InChI=1S/C20H26O5S/c1-3-14(9-15-5-4-6-17(21)10-15)7-8-18-20-16(11-24-2)13-26(22,23)19(20)12-25-18/h4-6,9-10,18-19,21H,3,7-8,11-13H2,1-2H3/b14-9+/t18-,19+/m1/s1. The molecule has 0 radical (unpaired) electrons. The second-order valence-corrected chi connectivity index (χ2v) is 9.08. The third-order valence-corrected chi connectivity index (χ3v) is 7.11. The maximum Gasteiger partial charge on any atom is 0.163 e. The Morgan fingerprint density at radius 3 is 2.92 bits per heavy atom. The zero-order valence-corrected chi connectivity index (χ0v) is 16.1. The minimum Gasteiger partial charge on any atom is -0.508 e. The van der Waals surface area contributed by atoms with E-state index in [1.54, 1.807) is 19.2 Å². The molecule has 3 rings (SSSR count). The van der Waals surface area contributed by atoms with E-state index in [9.17, 15) is 13.5 Å². The first-order chi connectivity index (χ1) is 12.4. The van der Waals surface area contributed by atoms with Gasteiger partial charge < -0.3 is 14.6 Å². The number of sulfone groups is 1. The number of phenols is 1. The first-order valence-corrected chi connectivity index (χ1v) is 10.7. The minimum absolute atomic E-state index is 0.0977. The SMILES string of the molecule is CC/C(=C\c1cccc(O)c1)CC[C@H]1OC[C@H]2C1=C(COC)CS2(=O)=O. The van der Waals surface area contributed by atoms with Crippen LogP contribution in [0, 0.1) is 0 Å². The molecular formula is C20H26O5S. The Morgan fingerprint density at radius 2 is 2.23 bits per heavy atom. The molecule has 1 fully saturated rings. The van der Waals surface area contributed by atoms with E-state index in [1.807, 2.05) is 12.1 Å². The molecule has 26 heavy (non-hydrogen) atoms. The summed E-state index contributed by atoms with van der Waals surface area (Å²) >= 11 is 0. The van der Waals surface area contributed by atoms with Crippen molar-refractivity contribution >= 4 is 15.9 Å². The molecule has 2 atom stereocenters. The quantitative estimate of drug-likeness (QED) is 0.738. The van der Waals surface area contributed by atoms with E-state index < -0.39 is 15.1 Å². The molecule has 5 nitrogen and oxygen atoms in total. The maximum atomic E-state index is 12.3. The van der Waals surface area contributed by atoms with Gasteiger partial charge in [-0.05, 0) is 48.1 Å². The number of aromatic hydroxyl groups is 1. The van der Waals surface area contributed by atoms with Gasteiger partial charge >= 0.3 is 0 Å². The van der Waals surface area contributed by atoms with Crippen molar-refractivity contribution in [3.8, 4) is 5.75 Å². The smallest absolute Gasteiger partial charge is 0.163 e. The topological polar surface area (TPSA) is 72.8 Å². The summed E-state index contributed by atoms with van der Waals surface area (Å²) in [5.41, 5.74) is 4.02. The number of fused-ring (bicyclic) bond motifs is 1. The average molecular weight is 378 g/mol. The summed E-state index contributed by atoms with van der Waals surface area (Å²) in [5, 5.41) is 9.12. The van der Waals surface area contributed by atoms with Crippen LogP contribution >= 0.6 is 0 Å². The fraction of sp³-hybridized carbons (Fsp3) is 0.500. The second-order valence-electron chi connectivity index (χ2n) is 6.90. The first-order valence-electron chi connectivity index (χ1n) is 8.97. The fourth-order valence-corrected chi connectivity index (χ4v) is 5.75. The van der Waals surface area contributed by atoms with Crippen LogP contribution in [0.3, 0.4) is 0 Å². The molecule has 142 valence electrons. The minimum atomic E-state index is -3.15. The van der Waals surface area contributed by atoms with E-state index in [-0.39, 0.29) is 24.2 Å². The van der Waals surface area contributed by atoms with Gasteiger partial charge in [0.25, 0.3) is 0 Å². The molecule has 0 saturated carbocycles. The Bertz CT molecular complexity index is 822. The fourth-order valence-electron chi connectivity index (χ4n) is 3.83. The summed E-state index contributed by atoms with van der Waals surface area (Å²) < 4.78 is 35.7. The molecule has 0 amide bonds. The lowest BCUT2D eigenvalue weighted by Crippen LogP contribution is -2.19. The van der Waals surface area contributed by atoms with E-state index in [2.05, 4.69) is 13.0 Å². The summed E-state index contributed by atoms with van der Waals surface area (Å²) in [5.74, 6) is 0.349. The first kappa shape index (κ1) is 19.1. The van der Waals surface area contributed by atoms with E-state index in [0.29, 0.717) is 6.61 Å². The number of allylic oxidation sites excluding steroid dienone is 1. The Labute approximate surface area is 155 Å². The van der Waals surface area contributed by atoms with E-state index in [1.165, 1.54) is 5.57 Å². The zero-order chi connectivity index (χ0) is 18.7. The van der Waals surface area contributed by atoms with Crippen molar-refractivity contribution < 1.29 is 23.0 Å². The molecule has 0 aromatic heterocycles. The molecule has 1 aromatic rings. The number of hydrogen-bond donors (Lipinski definition) is 1. The van der Waals surface area contributed by atoms with Gasteiger partial charge in [-0.15, -0.1) is 0 Å². The predicted molar refractivity (Wildman–Crippen MR) is 102 cm³/mol. The van der Waals surface area contributed by atoms with Gasteiger partial charge in [-0.2, -0.15) is 0 Å². The molecule has 0 aliphatic carbocycles. The summed E-state index contributed by atoms with van der Waals surface area (Å²) in [7, 11) is -1.56. The van der Waals surface area contributed by atoms with Crippen molar-refractivity contribution in [3.05, 3.63) is 46.5 Å². The molecule has 0 spiro atoms. The average Bonchev–Trinajstić information content (AvgIpc) is 3.12. The van der Waals surface area contributed by atoms with Crippen LogP contribution in [-0.2, 0) is 19.3 Å². The molecule has 2 aliphatic rings. The molecule has 0 bridgehead atoms. The summed E-state index contributed by atoms with van der Waals surface area (Å²) in [6, 6.07) is 7.17. The number of ether oxygens (including phenoxy) is 2. The highest BCUT2D eigenvalue weighted by Crippen LogP contribution is 2.38. The summed E-state index contributed by atoms with van der Waals surface area (Å²) in [6.07, 6.45) is 4.41. The van der Waals surface area contributed by atoms with Crippen molar-refractivity contribution in [2.75, 3.05) is 26.1 Å². The van der Waals surface area contributed by atoms with Gasteiger partial charge in [-0.3, -0.25) is 0 Å². The van der Waals surface area contributed by atoms with Gasteiger partial charge in [-0.1, -0.05) is 30.7 Å². The van der Waals surface area contributed by atoms with Gasteiger partial charge in [0, 0.05) is 7.11 Å². The Balaban J connectivity index is 1.73. The molecule has 1 N–H and O–H groups in total. The van der Waals surface area contributed by atoms with Gasteiger partial charge in [0.1, 0.15) is 11.0 Å². The normalized spacial score (nSPS) is 24.9. The molecule has 2 aliphatic heterocycles. The van der Waals surface area contributed by atoms with Crippen LogP contribution in [0.4, 0.5) is 0 Å². The molecule has 2 heterocycles. The van der Waals surface area contributed by atoms with Gasteiger partial charge in [0.05, 0.1) is 25.1 Å². The van der Waals surface area contributed by atoms with Crippen LogP contribution in [0.5, 0.6) is 5.75 Å². The third kappa shape index (κ3) is 4.03. The van der Waals surface area contributed by atoms with Crippen molar-refractivity contribution in [2.24, 2.45) is 0 Å². The van der Waals surface area contributed by atoms with Crippen LogP contribution < -0.4 is 0 Å². The van der Waals surface area contributed by atoms with Crippen molar-refractivity contribution in [3.63, 3.8) is 0 Å². The predicted octanol–water partition coefficient (Wildman–Crippen LogP) is 3.10. The second kappa shape index (κ2) is 7.94. The van der Waals surface area contributed by atoms with Crippen LogP contribution in [-0.4, -0.2) is 51.0 Å². The summed E-state index contributed by atoms with van der Waals surface area (Å²) in [4.78, 5) is 0. The highest BCUT2D eigenvalue weighted by Gasteiger charge is 2.46. The highest BCUT2D eigenvalue weighted by atomic mass is 32.2. The largest absolute Gasteiger partial charge is 0.508 e. The van der Waals surface area contributed by atoms with Gasteiger partial charge in [0.15, 0.2) is 9.84 Å². The highest BCUT2D eigenvalue weighted by molar-refractivity contribution is 7.92.